The molecule has 0 radical (unpaired) electrons. The van der Waals surface area contributed by atoms with Gasteiger partial charge in [0, 0.05) is 12.8 Å². The zero-order chi connectivity index (χ0) is 62.6. The lowest BCUT2D eigenvalue weighted by molar-refractivity contribution is -0.870. The predicted octanol–water partition coefficient (Wildman–Crippen LogP) is 21.3. The summed E-state index contributed by atoms with van der Waals surface area (Å²) in [4.78, 5) is 37.5. The molecule has 0 N–H and O–H groups in total. The standard InChI is InChI=1S/C77H137NO8/c1-6-8-10-12-14-16-18-20-22-24-26-28-30-32-34-35-36-37-38-39-40-42-43-45-47-49-51-53-55-57-59-61-63-65-67-74(79)84-71-73(72-85-77(76(81)82)83-70-69-78(3,4)5)86-75(80)68-66-64-62-60-58-56-54-52-50-48-46-44-41-33-31-29-27-25-23-21-19-17-15-13-11-9-7-2/h9,11,15,17,21,23,27,29,33,41,46,48,52,54,73,77H,6-8,10,12-14,16,18-20,22,24-26,28,30-32,34-40,42-45,47,49-51,53,55-72H2,1-5H3/b11-9-,17-15-,23-21-,29-27-,41-33-,48-46-,54-52-. The smallest absolute Gasteiger partial charge is 0.306 e. The molecule has 86 heavy (non-hydrogen) atoms. The minimum Gasteiger partial charge on any atom is -0.545 e. The highest BCUT2D eigenvalue weighted by atomic mass is 16.7. The van der Waals surface area contributed by atoms with Crippen LogP contribution in [0.4, 0.5) is 0 Å². The molecule has 0 aliphatic rings. The first-order valence-electron chi connectivity index (χ1n) is 36.2. The Hall–Kier alpha value is -3.53. The fraction of sp³-hybridized carbons (Fsp3) is 0.779. The number of aliphatic carboxylic acids is 1. The summed E-state index contributed by atoms with van der Waals surface area (Å²) in [6, 6.07) is 0. The maximum Gasteiger partial charge on any atom is 0.306 e. The molecule has 0 amide bonds. The Bertz CT molecular complexity index is 1690. The number of hydrogen-bond donors (Lipinski definition) is 0. The van der Waals surface area contributed by atoms with Gasteiger partial charge in [-0.15, -0.1) is 0 Å². The van der Waals surface area contributed by atoms with E-state index in [4.69, 9.17) is 18.9 Å². The maximum atomic E-state index is 12.9. The van der Waals surface area contributed by atoms with Crippen molar-refractivity contribution in [1.82, 2.24) is 0 Å². The number of rotatable bonds is 67. The number of carboxylic acid groups (broad SMARTS) is 1. The van der Waals surface area contributed by atoms with Gasteiger partial charge in [-0.2, -0.15) is 0 Å². The van der Waals surface area contributed by atoms with Crippen molar-refractivity contribution in [3.8, 4) is 0 Å². The van der Waals surface area contributed by atoms with Gasteiger partial charge >= 0.3 is 11.9 Å². The predicted molar refractivity (Wildman–Crippen MR) is 366 cm³/mol. The van der Waals surface area contributed by atoms with Gasteiger partial charge in [-0.05, 0) is 70.6 Å². The number of likely N-dealkylation sites (N-methyl/N-ethyl adjacent to an activating group) is 1. The molecule has 0 aromatic rings. The van der Waals surface area contributed by atoms with Gasteiger partial charge in [0.15, 0.2) is 12.4 Å². The number of ether oxygens (including phenoxy) is 4. The van der Waals surface area contributed by atoms with Crippen LogP contribution >= 0.6 is 0 Å². The molecular weight excluding hydrogens is 1070 g/mol. The monoisotopic (exact) mass is 1200 g/mol. The Kier molecular flexibility index (Phi) is 64.6. The summed E-state index contributed by atoms with van der Waals surface area (Å²) in [6.07, 6.45) is 88.3. The first-order chi connectivity index (χ1) is 42.1. The van der Waals surface area contributed by atoms with Crippen LogP contribution in [0.25, 0.3) is 0 Å². The largest absolute Gasteiger partial charge is 0.545 e. The van der Waals surface area contributed by atoms with Gasteiger partial charge in [-0.25, -0.2) is 0 Å². The summed E-state index contributed by atoms with van der Waals surface area (Å²) in [6.45, 7) is 4.65. The summed E-state index contributed by atoms with van der Waals surface area (Å²) >= 11 is 0. The van der Waals surface area contributed by atoms with Crippen molar-refractivity contribution < 1.29 is 42.9 Å². The van der Waals surface area contributed by atoms with Gasteiger partial charge < -0.3 is 33.3 Å². The molecule has 0 saturated carbocycles. The molecule has 0 fully saturated rings. The molecule has 0 aromatic carbocycles. The van der Waals surface area contributed by atoms with Crippen molar-refractivity contribution >= 4 is 17.9 Å². The van der Waals surface area contributed by atoms with Crippen molar-refractivity contribution in [2.45, 2.75) is 341 Å². The van der Waals surface area contributed by atoms with E-state index in [1.807, 2.05) is 21.1 Å². The highest BCUT2D eigenvalue weighted by Gasteiger charge is 2.22. The quantitative estimate of drug-likeness (QED) is 0.0195. The van der Waals surface area contributed by atoms with Gasteiger partial charge in [-0.1, -0.05) is 330 Å². The first-order valence-corrected chi connectivity index (χ1v) is 36.2. The molecular formula is C77H137NO8. The molecule has 0 aliphatic heterocycles. The SMILES string of the molecule is CC/C=C\C/C=C\C/C=C\C/C=C\C/C=C\C/C=C\C/C=C\CCCCCCCC(=O)OC(COC(=O)CCCCCCCCCCCCCCCCCCCCCCCCCCCCCCCCCCCC)COC(OCC[N+](C)(C)C)C(=O)[O-]. The molecule has 0 saturated heterocycles. The zero-order valence-corrected chi connectivity index (χ0v) is 56.9. The van der Waals surface area contributed by atoms with E-state index in [9.17, 15) is 19.5 Å². The van der Waals surface area contributed by atoms with Crippen molar-refractivity contribution in [1.29, 1.82) is 0 Å². The Morgan fingerprint density at radius 1 is 0.360 bits per heavy atom. The van der Waals surface area contributed by atoms with Crippen molar-refractivity contribution in [3.63, 3.8) is 0 Å². The van der Waals surface area contributed by atoms with Crippen LogP contribution in [0.5, 0.6) is 0 Å². The van der Waals surface area contributed by atoms with E-state index >= 15 is 0 Å². The van der Waals surface area contributed by atoms with Crippen LogP contribution in [0.1, 0.15) is 328 Å². The third kappa shape index (κ3) is 68.0. The lowest BCUT2D eigenvalue weighted by Gasteiger charge is -2.26. The van der Waals surface area contributed by atoms with Crippen LogP contribution in [0.2, 0.25) is 0 Å². The normalized spacial score (nSPS) is 13.2. The zero-order valence-electron chi connectivity index (χ0n) is 56.9. The van der Waals surface area contributed by atoms with Crippen LogP contribution in [0, 0.1) is 0 Å². The molecule has 0 bridgehead atoms. The summed E-state index contributed by atoms with van der Waals surface area (Å²) in [5.74, 6) is -2.30. The number of carbonyl (C=O) groups is 3. The molecule has 2 atom stereocenters. The Balaban J connectivity index is 4.09. The van der Waals surface area contributed by atoms with E-state index in [-0.39, 0.29) is 38.6 Å². The Morgan fingerprint density at radius 3 is 0.988 bits per heavy atom. The number of carboxylic acids is 1. The van der Waals surface area contributed by atoms with Gasteiger partial charge in [-0.3, -0.25) is 9.59 Å². The van der Waals surface area contributed by atoms with Gasteiger partial charge in [0.1, 0.15) is 13.2 Å². The van der Waals surface area contributed by atoms with Crippen LogP contribution in [0.3, 0.4) is 0 Å². The summed E-state index contributed by atoms with van der Waals surface area (Å²) in [7, 11) is 5.92. The molecule has 2 unspecified atom stereocenters. The highest BCUT2D eigenvalue weighted by Crippen LogP contribution is 2.18. The van der Waals surface area contributed by atoms with E-state index in [0.717, 1.165) is 96.3 Å². The fourth-order valence-electron chi connectivity index (χ4n) is 10.4. The van der Waals surface area contributed by atoms with Crippen molar-refractivity contribution in [2.75, 3.05) is 47.5 Å². The summed E-state index contributed by atoms with van der Waals surface area (Å²) < 4.78 is 22.8. The van der Waals surface area contributed by atoms with E-state index in [2.05, 4.69) is 98.9 Å². The van der Waals surface area contributed by atoms with E-state index in [1.54, 1.807) is 0 Å². The molecule has 0 rings (SSSR count). The molecule has 0 spiro atoms. The second-order valence-corrected chi connectivity index (χ2v) is 25.5. The van der Waals surface area contributed by atoms with Gasteiger partial charge in [0.05, 0.1) is 40.3 Å². The molecule has 9 nitrogen and oxygen atoms in total. The van der Waals surface area contributed by atoms with Crippen molar-refractivity contribution in [3.05, 3.63) is 85.1 Å². The Labute approximate surface area is 531 Å². The summed E-state index contributed by atoms with van der Waals surface area (Å²) in [5, 5.41) is 11.8. The Morgan fingerprint density at radius 2 is 0.663 bits per heavy atom. The number of quaternary nitrogens is 1. The second kappa shape index (κ2) is 67.4. The fourth-order valence-corrected chi connectivity index (χ4v) is 10.4. The summed E-state index contributed by atoms with van der Waals surface area (Å²) in [5.41, 5.74) is 0. The average molecular weight is 1200 g/mol. The molecule has 0 heterocycles. The van der Waals surface area contributed by atoms with Gasteiger partial charge in [0.2, 0.25) is 0 Å². The third-order valence-corrected chi connectivity index (χ3v) is 15.9. The minimum atomic E-state index is -1.63. The molecule has 498 valence electrons. The number of unbranched alkanes of at least 4 members (excludes halogenated alkanes) is 38. The van der Waals surface area contributed by atoms with Crippen LogP contribution in [-0.4, -0.2) is 82.3 Å². The van der Waals surface area contributed by atoms with Gasteiger partial charge in [0.25, 0.3) is 0 Å². The number of carbonyl (C=O) groups excluding carboxylic acids is 3. The topological polar surface area (TPSA) is 111 Å². The second-order valence-electron chi connectivity index (χ2n) is 25.5. The molecule has 0 aromatic heterocycles. The number of esters is 2. The van der Waals surface area contributed by atoms with E-state index in [1.165, 1.54) is 199 Å². The van der Waals surface area contributed by atoms with E-state index in [0.29, 0.717) is 17.4 Å². The first kappa shape index (κ1) is 82.5. The van der Waals surface area contributed by atoms with Crippen LogP contribution in [0.15, 0.2) is 85.1 Å². The number of allylic oxidation sites excluding steroid dienone is 14. The molecule has 0 aliphatic carbocycles. The maximum absolute atomic E-state index is 12.9. The minimum absolute atomic E-state index is 0.141. The third-order valence-electron chi connectivity index (χ3n) is 15.9. The lowest BCUT2D eigenvalue weighted by Crippen LogP contribution is -2.44. The van der Waals surface area contributed by atoms with E-state index < -0.39 is 24.3 Å². The molecule has 9 heteroatoms. The van der Waals surface area contributed by atoms with Crippen LogP contribution < -0.4 is 5.11 Å². The number of nitrogens with zero attached hydrogens (tertiary/aromatic N) is 1. The van der Waals surface area contributed by atoms with Crippen LogP contribution in [-0.2, 0) is 33.3 Å². The lowest BCUT2D eigenvalue weighted by atomic mass is 10.0. The average Bonchev–Trinajstić information content (AvgIpc) is 3.64. The highest BCUT2D eigenvalue weighted by molar-refractivity contribution is 5.70. The number of hydrogen-bond acceptors (Lipinski definition) is 8. The van der Waals surface area contributed by atoms with Crippen molar-refractivity contribution in [2.24, 2.45) is 0 Å².